The number of pyridine rings is 1. The van der Waals surface area contributed by atoms with Crippen LogP contribution in [-0.2, 0) is 6.18 Å². The van der Waals surface area contributed by atoms with E-state index in [0.717, 1.165) is 17.4 Å². The summed E-state index contributed by atoms with van der Waals surface area (Å²) in [5, 5.41) is -0.289. The second-order valence-electron chi connectivity index (χ2n) is 5.68. The number of methoxy groups -OCH3 is 1. The summed E-state index contributed by atoms with van der Waals surface area (Å²) in [6.07, 6.45) is -4.70. The lowest BCUT2D eigenvalue weighted by Gasteiger charge is -2.11. The Morgan fingerprint density at radius 2 is 1.81 bits per heavy atom. The Morgan fingerprint density at radius 3 is 2.44 bits per heavy atom. The number of hydrogen-bond donors (Lipinski definition) is 2. The maximum absolute atomic E-state index is 13.7. The molecule has 0 spiro atoms. The number of aromatic nitrogens is 3. The predicted octanol–water partition coefficient (Wildman–Crippen LogP) is 3.52. The molecule has 0 radical (unpaired) electrons. The van der Waals surface area contributed by atoms with Crippen LogP contribution in [0.3, 0.4) is 0 Å². The number of aromatic amines is 2. The Hall–Kier alpha value is -3.14. The van der Waals surface area contributed by atoms with Crippen LogP contribution in [0.4, 0.5) is 13.2 Å². The largest absolute Gasteiger partial charge is 0.497 e. The van der Waals surface area contributed by atoms with Crippen molar-refractivity contribution >= 4 is 31.8 Å². The van der Waals surface area contributed by atoms with Gasteiger partial charge in [0.25, 0.3) is 5.56 Å². The highest BCUT2D eigenvalue weighted by atomic mass is 32.1. The molecule has 0 atom stereocenters. The van der Waals surface area contributed by atoms with E-state index in [0.29, 0.717) is 11.3 Å². The first-order valence-electron chi connectivity index (χ1n) is 7.59. The second-order valence-corrected chi connectivity index (χ2v) is 6.67. The fourth-order valence-electron chi connectivity index (χ4n) is 2.82. The van der Waals surface area contributed by atoms with Crippen LogP contribution in [0, 0.1) is 0 Å². The standard InChI is InChI=1S/C17H10F3N3O3S/c1-26-8-4-2-7(3-5-8)10-6-9(17(18,19)20)11-12-13(27-15(11)21-10)14(24)23-16(25)22-12/h2-6H,1H3,(H2,22,23,24,25). The summed E-state index contributed by atoms with van der Waals surface area (Å²) in [5.74, 6) is 0.557. The van der Waals surface area contributed by atoms with E-state index in [1.54, 1.807) is 24.3 Å². The first-order chi connectivity index (χ1) is 12.8. The lowest BCUT2D eigenvalue weighted by Crippen LogP contribution is -2.20. The van der Waals surface area contributed by atoms with Crippen molar-refractivity contribution in [3.8, 4) is 17.0 Å². The number of halogens is 3. The van der Waals surface area contributed by atoms with E-state index >= 15 is 0 Å². The number of H-pyrrole nitrogens is 2. The highest BCUT2D eigenvalue weighted by Gasteiger charge is 2.35. The van der Waals surface area contributed by atoms with Gasteiger partial charge in [-0.1, -0.05) is 0 Å². The fraction of sp³-hybridized carbons (Fsp3) is 0.118. The van der Waals surface area contributed by atoms with E-state index in [9.17, 15) is 22.8 Å². The Balaban J connectivity index is 2.09. The molecule has 4 rings (SSSR count). The third kappa shape index (κ3) is 2.87. The molecule has 27 heavy (non-hydrogen) atoms. The predicted molar refractivity (Wildman–Crippen MR) is 95.4 cm³/mol. The Labute approximate surface area is 152 Å². The van der Waals surface area contributed by atoms with Crippen molar-refractivity contribution in [1.29, 1.82) is 0 Å². The van der Waals surface area contributed by atoms with E-state index in [2.05, 4.69) is 9.97 Å². The number of thiophene rings is 1. The molecule has 1 aromatic carbocycles. The second kappa shape index (κ2) is 5.95. The molecule has 138 valence electrons. The minimum Gasteiger partial charge on any atom is -0.497 e. The third-order valence-corrected chi connectivity index (χ3v) is 5.11. The summed E-state index contributed by atoms with van der Waals surface area (Å²) in [6, 6.07) is 7.32. The van der Waals surface area contributed by atoms with Gasteiger partial charge in [-0.25, -0.2) is 9.78 Å². The molecule has 0 aliphatic carbocycles. The van der Waals surface area contributed by atoms with E-state index in [1.165, 1.54) is 7.11 Å². The summed E-state index contributed by atoms with van der Waals surface area (Å²) in [4.78, 5) is 32.1. The smallest absolute Gasteiger partial charge is 0.417 e. The highest BCUT2D eigenvalue weighted by Crippen LogP contribution is 2.41. The first kappa shape index (κ1) is 17.3. The third-order valence-electron chi connectivity index (χ3n) is 4.03. The lowest BCUT2D eigenvalue weighted by atomic mass is 10.1. The van der Waals surface area contributed by atoms with Crippen LogP contribution in [-0.4, -0.2) is 22.1 Å². The van der Waals surface area contributed by atoms with E-state index in [4.69, 9.17) is 4.74 Å². The van der Waals surface area contributed by atoms with Crippen molar-refractivity contribution in [2.24, 2.45) is 0 Å². The molecule has 0 saturated carbocycles. The van der Waals surface area contributed by atoms with Crippen LogP contribution in [0.5, 0.6) is 5.75 Å². The zero-order valence-electron chi connectivity index (χ0n) is 13.6. The van der Waals surface area contributed by atoms with Crippen LogP contribution < -0.4 is 16.0 Å². The average Bonchev–Trinajstić information content (AvgIpc) is 2.99. The molecule has 2 N–H and O–H groups in total. The van der Waals surface area contributed by atoms with Gasteiger partial charge in [0, 0.05) is 10.9 Å². The number of alkyl halides is 3. The van der Waals surface area contributed by atoms with Gasteiger partial charge in [0.05, 0.1) is 23.9 Å². The van der Waals surface area contributed by atoms with Crippen LogP contribution in [0.15, 0.2) is 39.9 Å². The summed E-state index contributed by atoms with van der Waals surface area (Å²) in [6.45, 7) is 0. The van der Waals surface area contributed by atoms with Crippen molar-refractivity contribution in [2.45, 2.75) is 6.18 Å². The molecule has 0 bridgehead atoms. The van der Waals surface area contributed by atoms with Gasteiger partial charge >= 0.3 is 11.9 Å². The summed E-state index contributed by atoms with van der Waals surface area (Å²) >= 11 is 0.794. The van der Waals surface area contributed by atoms with Gasteiger partial charge in [-0.3, -0.25) is 9.78 Å². The average molecular weight is 393 g/mol. The monoisotopic (exact) mass is 393 g/mol. The van der Waals surface area contributed by atoms with E-state index < -0.39 is 23.0 Å². The Bertz CT molecular complexity index is 1290. The minimum absolute atomic E-state index is 0.0120. The van der Waals surface area contributed by atoms with Crippen molar-refractivity contribution in [3.05, 3.63) is 56.7 Å². The molecule has 0 saturated heterocycles. The van der Waals surface area contributed by atoms with Crippen LogP contribution >= 0.6 is 11.3 Å². The van der Waals surface area contributed by atoms with Crippen LogP contribution in [0.1, 0.15) is 5.56 Å². The van der Waals surface area contributed by atoms with Gasteiger partial charge in [0.1, 0.15) is 15.3 Å². The molecular formula is C17H10F3N3O3S. The topological polar surface area (TPSA) is 87.8 Å². The van der Waals surface area contributed by atoms with Crippen molar-refractivity contribution < 1.29 is 17.9 Å². The number of benzene rings is 1. The minimum atomic E-state index is -4.70. The quantitative estimate of drug-likeness (QED) is 0.546. The molecule has 0 amide bonds. The molecule has 0 aliphatic heterocycles. The normalized spacial score (nSPS) is 12.0. The van der Waals surface area contributed by atoms with Crippen LogP contribution in [0.25, 0.3) is 31.7 Å². The fourth-order valence-corrected chi connectivity index (χ4v) is 3.87. The molecule has 3 aromatic heterocycles. The van der Waals surface area contributed by atoms with Gasteiger partial charge in [0.2, 0.25) is 0 Å². The zero-order chi connectivity index (χ0) is 19.3. The first-order valence-corrected chi connectivity index (χ1v) is 8.41. The van der Waals surface area contributed by atoms with Gasteiger partial charge < -0.3 is 9.72 Å². The molecule has 10 heteroatoms. The maximum Gasteiger partial charge on any atom is 0.417 e. The number of fused-ring (bicyclic) bond motifs is 3. The lowest BCUT2D eigenvalue weighted by molar-refractivity contribution is -0.136. The van der Waals surface area contributed by atoms with Crippen LogP contribution in [0.2, 0.25) is 0 Å². The Kier molecular flexibility index (Phi) is 3.81. The number of hydrogen-bond acceptors (Lipinski definition) is 5. The number of rotatable bonds is 2. The molecule has 4 aromatic rings. The van der Waals surface area contributed by atoms with Gasteiger partial charge in [-0.2, -0.15) is 13.2 Å². The van der Waals surface area contributed by atoms with Gasteiger partial charge in [-0.05, 0) is 30.3 Å². The zero-order valence-corrected chi connectivity index (χ0v) is 14.4. The van der Waals surface area contributed by atoms with Gasteiger partial charge in [0.15, 0.2) is 0 Å². The molecule has 0 aliphatic rings. The van der Waals surface area contributed by atoms with Gasteiger partial charge in [-0.15, -0.1) is 11.3 Å². The number of ether oxygens (including phenoxy) is 1. The SMILES string of the molecule is COc1ccc(-c2cc(C(F)(F)F)c3c(n2)sc2c(=O)[nH]c(=O)[nH]c23)cc1. The molecular weight excluding hydrogens is 383 g/mol. The van der Waals surface area contributed by atoms with Crippen molar-refractivity contribution in [1.82, 2.24) is 15.0 Å². The number of nitrogens with one attached hydrogen (secondary N) is 2. The Morgan fingerprint density at radius 1 is 1.11 bits per heavy atom. The maximum atomic E-state index is 13.7. The van der Waals surface area contributed by atoms with E-state index in [-0.39, 0.29) is 26.1 Å². The summed E-state index contributed by atoms with van der Waals surface area (Å²) in [5.41, 5.74) is -2.20. The van der Waals surface area contributed by atoms with E-state index in [1.807, 2.05) is 4.98 Å². The summed E-state index contributed by atoms with van der Waals surface area (Å²) < 4.78 is 46.2. The molecule has 6 nitrogen and oxygen atoms in total. The van der Waals surface area contributed by atoms with Crippen molar-refractivity contribution in [3.63, 3.8) is 0 Å². The van der Waals surface area contributed by atoms with Crippen molar-refractivity contribution in [2.75, 3.05) is 7.11 Å². The molecule has 0 fully saturated rings. The number of nitrogens with zero attached hydrogens (tertiary/aromatic N) is 1. The molecule has 3 heterocycles. The molecule has 0 unspecified atom stereocenters. The highest BCUT2D eigenvalue weighted by molar-refractivity contribution is 7.25. The summed E-state index contributed by atoms with van der Waals surface area (Å²) in [7, 11) is 1.48.